The molecule has 1 amide bonds. The largest absolute Gasteiger partial charge is 0.370 e. The van der Waals surface area contributed by atoms with Crippen LogP contribution in [-0.4, -0.2) is 17.0 Å². The van der Waals surface area contributed by atoms with E-state index >= 15 is 0 Å². The van der Waals surface area contributed by atoms with Gasteiger partial charge >= 0.3 is 0 Å². The molecule has 0 aliphatic rings. The topological polar surface area (TPSA) is 60.1 Å². The Balaban J connectivity index is 2.19. The van der Waals surface area contributed by atoms with Gasteiger partial charge in [0.05, 0.1) is 0 Å². The number of benzene rings is 1. The van der Waals surface area contributed by atoms with Crippen LogP contribution in [0.2, 0.25) is 0 Å². The Bertz CT molecular complexity index is 586. The number of nitrogens with two attached hydrogens (primary N) is 1. The molecular weight excluding hydrogens is 250 g/mol. The second-order valence-electron chi connectivity index (χ2n) is 5.61. The number of aromatic nitrogens is 1. The molecule has 1 aromatic heterocycles. The number of nitrogens with zero attached hydrogens (tertiary/aromatic N) is 1. The zero-order valence-electron chi connectivity index (χ0n) is 12.2. The summed E-state index contributed by atoms with van der Waals surface area (Å²) in [4.78, 5) is 11.0. The highest BCUT2D eigenvalue weighted by atomic mass is 16.1. The zero-order chi connectivity index (χ0) is 14.5. The van der Waals surface area contributed by atoms with Crippen LogP contribution in [0.1, 0.15) is 25.8 Å². The van der Waals surface area contributed by atoms with E-state index in [1.54, 1.807) is 0 Å². The van der Waals surface area contributed by atoms with E-state index in [1.165, 1.54) is 10.9 Å². The van der Waals surface area contributed by atoms with Gasteiger partial charge in [0.15, 0.2) is 0 Å². The summed E-state index contributed by atoms with van der Waals surface area (Å²) in [6.45, 7) is 6.88. The summed E-state index contributed by atoms with van der Waals surface area (Å²) in [6.07, 6.45) is 2.50. The Labute approximate surface area is 120 Å². The number of carbonyl (C=O) groups excluding carboxylic acids is 1. The quantitative estimate of drug-likeness (QED) is 0.813. The molecule has 0 radical (unpaired) electrons. The Kier molecular flexibility index (Phi) is 4.79. The molecule has 4 nitrogen and oxygen atoms in total. The average molecular weight is 273 g/mol. The minimum atomic E-state index is -0.262. The van der Waals surface area contributed by atoms with E-state index < -0.39 is 0 Å². The van der Waals surface area contributed by atoms with E-state index in [1.807, 2.05) is 12.1 Å². The van der Waals surface area contributed by atoms with Crippen molar-refractivity contribution in [2.24, 2.45) is 11.7 Å². The van der Waals surface area contributed by atoms with Gasteiger partial charge in [0.2, 0.25) is 5.91 Å². The summed E-state index contributed by atoms with van der Waals surface area (Å²) >= 11 is 0. The van der Waals surface area contributed by atoms with Crippen LogP contribution < -0.4 is 11.1 Å². The molecule has 0 fully saturated rings. The zero-order valence-corrected chi connectivity index (χ0v) is 12.2. The molecule has 2 rings (SSSR count). The Morgan fingerprint density at radius 1 is 1.35 bits per heavy atom. The number of hydrogen-bond donors (Lipinski definition) is 2. The number of nitrogens with one attached hydrogen (secondary N) is 1. The Hall–Kier alpha value is -1.81. The van der Waals surface area contributed by atoms with Crippen LogP contribution in [0, 0.1) is 5.92 Å². The lowest BCUT2D eigenvalue weighted by Crippen LogP contribution is -2.18. The molecule has 0 bridgehead atoms. The van der Waals surface area contributed by atoms with Crippen LogP contribution in [0.4, 0.5) is 0 Å². The molecule has 0 saturated carbocycles. The number of fused-ring (bicyclic) bond motifs is 1. The van der Waals surface area contributed by atoms with Crippen molar-refractivity contribution in [1.82, 2.24) is 9.88 Å². The van der Waals surface area contributed by atoms with Crippen molar-refractivity contribution in [2.45, 2.75) is 33.4 Å². The van der Waals surface area contributed by atoms with Crippen molar-refractivity contribution in [3.63, 3.8) is 0 Å². The predicted molar refractivity (Wildman–Crippen MR) is 82.3 cm³/mol. The van der Waals surface area contributed by atoms with Crippen LogP contribution in [0.3, 0.4) is 0 Å². The lowest BCUT2D eigenvalue weighted by Gasteiger charge is -2.06. The summed E-state index contributed by atoms with van der Waals surface area (Å²) in [5, 5.41) is 4.71. The van der Waals surface area contributed by atoms with E-state index in [-0.39, 0.29) is 5.91 Å². The van der Waals surface area contributed by atoms with Gasteiger partial charge < -0.3 is 15.6 Å². The minimum Gasteiger partial charge on any atom is -0.370 e. The van der Waals surface area contributed by atoms with Gasteiger partial charge in [-0.25, -0.2) is 0 Å². The molecule has 0 atom stereocenters. The molecule has 20 heavy (non-hydrogen) atoms. The summed E-state index contributed by atoms with van der Waals surface area (Å²) in [6, 6.07) is 8.28. The average Bonchev–Trinajstić information content (AvgIpc) is 2.75. The molecule has 108 valence electrons. The highest BCUT2D eigenvalue weighted by Gasteiger charge is 2.08. The number of rotatable bonds is 7. The van der Waals surface area contributed by atoms with E-state index in [4.69, 9.17) is 5.73 Å². The van der Waals surface area contributed by atoms with Crippen LogP contribution in [0.25, 0.3) is 10.9 Å². The standard InChI is InChI=1S/C16H23N3O/c1-12(2)9-18-10-13-11-19(8-7-16(17)20)15-6-4-3-5-14(13)15/h3-6,11-12,18H,7-10H2,1-2H3,(H2,17,20). The third-order valence-electron chi connectivity index (χ3n) is 3.34. The molecule has 2 aromatic rings. The summed E-state index contributed by atoms with van der Waals surface area (Å²) in [7, 11) is 0. The first kappa shape index (κ1) is 14.6. The second-order valence-corrected chi connectivity index (χ2v) is 5.61. The van der Waals surface area contributed by atoms with Gasteiger partial charge in [-0.15, -0.1) is 0 Å². The molecule has 1 heterocycles. The summed E-state index contributed by atoms with van der Waals surface area (Å²) in [5.41, 5.74) is 7.67. The molecule has 1 aromatic carbocycles. The highest BCUT2D eigenvalue weighted by Crippen LogP contribution is 2.21. The molecule has 0 aliphatic heterocycles. The van der Waals surface area contributed by atoms with E-state index in [9.17, 15) is 4.79 Å². The van der Waals surface area contributed by atoms with Crippen LogP contribution in [-0.2, 0) is 17.9 Å². The van der Waals surface area contributed by atoms with Gasteiger partial charge in [-0.1, -0.05) is 32.0 Å². The monoisotopic (exact) mass is 273 g/mol. The first-order valence-corrected chi connectivity index (χ1v) is 7.13. The van der Waals surface area contributed by atoms with Gasteiger partial charge in [-0.3, -0.25) is 4.79 Å². The number of hydrogen-bond acceptors (Lipinski definition) is 2. The molecule has 0 unspecified atom stereocenters. The van der Waals surface area contributed by atoms with Gasteiger partial charge in [-0.2, -0.15) is 0 Å². The van der Waals surface area contributed by atoms with Gasteiger partial charge in [0.1, 0.15) is 0 Å². The van der Waals surface area contributed by atoms with Gasteiger partial charge in [0.25, 0.3) is 0 Å². The lowest BCUT2D eigenvalue weighted by molar-refractivity contribution is -0.118. The molecule has 0 spiro atoms. The molecule has 3 N–H and O–H groups in total. The SMILES string of the molecule is CC(C)CNCc1cn(CCC(N)=O)c2ccccc12. The molecular formula is C16H23N3O. The number of primary amides is 1. The van der Waals surface area contributed by atoms with Crippen molar-refractivity contribution >= 4 is 16.8 Å². The van der Waals surface area contributed by atoms with Crippen molar-refractivity contribution in [3.05, 3.63) is 36.0 Å². The number of para-hydroxylation sites is 1. The maximum absolute atomic E-state index is 11.0. The third-order valence-corrected chi connectivity index (χ3v) is 3.34. The number of carbonyl (C=O) groups is 1. The van der Waals surface area contributed by atoms with E-state index in [2.05, 4.69) is 42.1 Å². The Morgan fingerprint density at radius 2 is 2.10 bits per heavy atom. The van der Waals surface area contributed by atoms with Crippen LogP contribution in [0.5, 0.6) is 0 Å². The second kappa shape index (κ2) is 6.57. The molecule has 0 saturated heterocycles. The maximum atomic E-state index is 11.0. The first-order valence-electron chi connectivity index (χ1n) is 7.13. The molecule has 0 aliphatic carbocycles. The van der Waals surface area contributed by atoms with Crippen molar-refractivity contribution < 1.29 is 4.79 Å². The highest BCUT2D eigenvalue weighted by molar-refractivity contribution is 5.84. The summed E-state index contributed by atoms with van der Waals surface area (Å²) in [5.74, 6) is 0.375. The molecule has 4 heteroatoms. The smallest absolute Gasteiger partial charge is 0.219 e. The minimum absolute atomic E-state index is 0.262. The van der Waals surface area contributed by atoms with Crippen molar-refractivity contribution in [3.8, 4) is 0 Å². The van der Waals surface area contributed by atoms with E-state index in [0.717, 1.165) is 18.6 Å². The third kappa shape index (κ3) is 3.61. The van der Waals surface area contributed by atoms with E-state index in [0.29, 0.717) is 18.9 Å². The lowest BCUT2D eigenvalue weighted by atomic mass is 10.1. The maximum Gasteiger partial charge on any atom is 0.219 e. The predicted octanol–water partition coefficient (Wildman–Crippen LogP) is 2.26. The van der Waals surface area contributed by atoms with Crippen LogP contribution >= 0.6 is 0 Å². The van der Waals surface area contributed by atoms with Crippen molar-refractivity contribution in [2.75, 3.05) is 6.54 Å². The van der Waals surface area contributed by atoms with Gasteiger partial charge in [0, 0.05) is 36.6 Å². The fraction of sp³-hybridized carbons (Fsp3) is 0.438. The first-order chi connectivity index (χ1) is 9.58. The fourth-order valence-corrected chi connectivity index (χ4v) is 2.37. The number of aryl methyl sites for hydroxylation is 1. The fourth-order valence-electron chi connectivity index (χ4n) is 2.37. The van der Waals surface area contributed by atoms with Crippen LogP contribution in [0.15, 0.2) is 30.5 Å². The Morgan fingerprint density at radius 3 is 2.80 bits per heavy atom. The summed E-state index contributed by atoms with van der Waals surface area (Å²) < 4.78 is 2.12. The number of amides is 1. The van der Waals surface area contributed by atoms with Crippen molar-refractivity contribution in [1.29, 1.82) is 0 Å². The normalized spacial score (nSPS) is 11.3. The van der Waals surface area contributed by atoms with Gasteiger partial charge in [-0.05, 0) is 24.1 Å².